The fraction of sp³-hybridized carbons (Fsp3) is 0.667. The molecular weight excluding hydrogens is 471 g/mol. The summed E-state index contributed by atoms with van der Waals surface area (Å²) in [7, 11) is 3.83. The van der Waals surface area contributed by atoms with Crippen LogP contribution < -0.4 is 10.6 Å². The second kappa shape index (κ2) is 8.97. The molecule has 3 fully saturated rings. The van der Waals surface area contributed by atoms with E-state index in [0.29, 0.717) is 38.5 Å². The van der Waals surface area contributed by atoms with Crippen molar-refractivity contribution in [1.82, 2.24) is 15.5 Å². The molecule has 182 valence electrons. The third-order valence-electron chi connectivity index (χ3n) is 8.03. The predicted octanol–water partition coefficient (Wildman–Crippen LogP) is 4.81. The number of halogens is 4. The first-order valence-corrected chi connectivity index (χ1v) is 12.3. The third-order valence-corrected chi connectivity index (χ3v) is 8.85. The van der Waals surface area contributed by atoms with Gasteiger partial charge in [0.2, 0.25) is 11.8 Å². The number of benzene rings is 1. The maximum absolute atomic E-state index is 15.1. The molecule has 3 aliphatic carbocycles. The SMILES string of the molecule is CC(=O)NC1CC(C(=O)NC(c2c(F)ccc(Cl)c2Cl)C23CCC(F)(CC2)C3)CC1N(C)C. The van der Waals surface area contributed by atoms with E-state index >= 15 is 8.78 Å². The molecular formula is C24H31Cl2F2N3O2. The number of alkyl halides is 1. The van der Waals surface area contributed by atoms with E-state index in [2.05, 4.69) is 10.6 Å². The summed E-state index contributed by atoms with van der Waals surface area (Å²) in [6.45, 7) is 1.46. The molecule has 4 rings (SSSR count). The van der Waals surface area contributed by atoms with E-state index < -0.39 is 22.9 Å². The molecule has 0 spiro atoms. The highest BCUT2D eigenvalue weighted by Crippen LogP contribution is 2.64. The van der Waals surface area contributed by atoms with E-state index in [1.54, 1.807) is 0 Å². The molecule has 5 nitrogen and oxygen atoms in total. The van der Waals surface area contributed by atoms with Gasteiger partial charge in [0, 0.05) is 30.5 Å². The van der Waals surface area contributed by atoms with Gasteiger partial charge >= 0.3 is 0 Å². The second-order valence-corrected chi connectivity index (χ2v) is 11.2. The van der Waals surface area contributed by atoms with Crippen LogP contribution in [0, 0.1) is 17.2 Å². The topological polar surface area (TPSA) is 61.4 Å². The van der Waals surface area contributed by atoms with Gasteiger partial charge in [0.1, 0.15) is 11.5 Å². The molecule has 33 heavy (non-hydrogen) atoms. The Morgan fingerprint density at radius 1 is 1.15 bits per heavy atom. The number of hydrogen-bond donors (Lipinski definition) is 2. The predicted molar refractivity (Wildman–Crippen MR) is 124 cm³/mol. The van der Waals surface area contributed by atoms with Gasteiger partial charge in [0.25, 0.3) is 0 Å². The van der Waals surface area contributed by atoms with E-state index in [4.69, 9.17) is 23.2 Å². The first-order chi connectivity index (χ1) is 15.4. The normalized spacial score (nSPS) is 34.0. The Hall–Kier alpha value is -1.44. The molecule has 2 bridgehead atoms. The van der Waals surface area contributed by atoms with E-state index in [1.807, 2.05) is 19.0 Å². The maximum Gasteiger partial charge on any atom is 0.223 e. The standard InChI is InChI=1S/C24H31Cl2F2N3O2/c1-13(32)29-17-10-14(11-18(17)31(2)3)22(33)30-21(19-16(27)5-4-15(25)20(19)26)23-6-8-24(28,12-23)9-7-23/h4-5,14,17-18,21H,6-12H2,1-3H3,(H,29,32)(H,30,33). The molecule has 2 N–H and O–H groups in total. The highest BCUT2D eigenvalue weighted by molar-refractivity contribution is 6.42. The number of carbonyl (C=O) groups is 2. The number of nitrogens with zero attached hydrogens (tertiary/aromatic N) is 1. The van der Waals surface area contributed by atoms with Gasteiger partial charge in [0.15, 0.2) is 0 Å². The van der Waals surface area contributed by atoms with E-state index in [9.17, 15) is 9.59 Å². The van der Waals surface area contributed by atoms with Gasteiger partial charge in [-0.15, -0.1) is 0 Å². The average Bonchev–Trinajstić information content (AvgIpc) is 3.41. The van der Waals surface area contributed by atoms with Gasteiger partial charge < -0.3 is 15.5 Å². The van der Waals surface area contributed by atoms with Gasteiger partial charge in [-0.2, -0.15) is 0 Å². The molecule has 3 aliphatic rings. The Balaban J connectivity index is 1.64. The number of nitrogens with one attached hydrogen (secondary N) is 2. The van der Waals surface area contributed by atoms with Crippen LogP contribution in [0.1, 0.15) is 63.5 Å². The number of fused-ring (bicyclic) bond motifs is 2. The summed E-state index contributed by atoms with van der Waals surface area (Å²) in [5, 5.41) is 6.28. The van der Waals surface area contributed by atoms with Crippen LogP contribution in [0.5, 0.6) is 0 Å². The summed E-state index contributed by atoms with van der Waals surface area (Å²) >= 11 is 12.7. The number of likely N-dealkylation sites (N-methyl/N-ethyl adjacent to an activating group) is 1. The van der Waals surface area contributed by atoms with E-state index in [-0.39, 0.29) is 51.8 Å². The molecule has 1 aromatic carbocycles. The van der Waals surface area contributed by atoms with Crippen LogP contribution in [0.2, 0.25) is 10.0 Å². The number of hydrogen-bond acceptors (Lipinski definition) is 3. The number of carbonyl (C=O) groups excluding carboxylic acids is 2. The first-order valence-electron chi connectivity index (χ1n) is 11.5. The van der Waals surface area contributed by atoms with Crippen molar-refractivity contribution >= 4 is 35.0 Å². The van der Waals surface area contributed by atoms with Crippen molar-refractivity contribution in [2.45, 2.75) is 75.7 Å². The van der Waals surface area contributed by atoms with Crippen molar-refractivity contribution in [2.75, 3.05) is 14.1 Å². The smallest absolute Gasteiger partial charge is 0.223 e. The Morgan fingerprint density at radius 2 is 1.82 bits per heavy atom. The quantitative estimate of drug-likeness (QED) is 0.550. The van der Waals surface area contributed by atoms with Gasteiger partial charge in [-0.05, 0) is 76.6 Å². The van der Waals surface area contributed by atoms with Gasteiger partial charge in [-0.3, -0.25) is 9.59 Å². The lowest BCUT2D eigenvalue weighted by Crippen LogP contribution is -2.45. The van der Waals surface area contributed by atoms with Crippen molar-refractivity contribution in [1.29, 1.82) is 0 Å². The lowest BCUT2D eigenvalue weighted by molar-refractivity contribution is -0.127. The number of rotatable bonds is 6. The summed E-state index contributed by atoms with van der Waals surface area (Å²) in [5.74, 6) is -1.30. The minimum Gasteiger partial charge on any atom is -0.352 e. The molecule has 2 amide bonds. The molecule has 0 heterocycles. The fourth-order valence-corrected chi connectivity index (χ4v) is 6.81. The van der Waals surface area contributed by atoms with Crippen molar-refractivity contribution in [3.63, 3.8) is 0 Å². The van der Waals surface area contributed by atoms with Crippen LogP contribution in [-0.4, -0.2) is 48.6 Å². The fourth-order valence-electron chi connectivity index (χ4n) is 6.39. The van der Waals surface area contributed by atoms with Crippen LogP contribution in [0.25, 0.3) is 0 Å². The lowest BCUT2D eigenvalue weighted by atomic mass is 9.74. The Bertz CT molecular complexity index is 950. The van der Waals surface area contributed by atoms with Gasteiger partial charge in [0.05, 0.1) is 16.1 Å². The van der Waals surface area contributed by atoms with Crippen molar-refractivity contribution < 1.29 is 18.4 Å². The Morgan fingerprint density at radius 3 is 2.36 bits per heavy atom. The van der Waals surface area contributed by atoms with Crippen LogP contribution in [0.3, 0.4) is 0 Å². The number of amides is 2. The molecule has 3 saturated carbocycles. The second-order valence-electron chi connectivity index (χ2n) is 10.4. The summed E-state index contributed by atoms with van der Waals surface area (Å²) in [6, 6.07) is 1.71. The van der Waals surface area contributed by atoms with Crippen LogP contribution in [0.4, 0.5) is 8.78 Å². The average molecular weight is 502 g/mol. The lowest BCUT2D eigenvalue weighted by Gasteiger charge is -2.38. The van der Waals surface area contributed by atoms with Crippen molar-refractivity contribution in [3.05, 3.63) is 33.6 Å². The molecule has 4 unspecified atom stereocenters. The third kappa shape index (κ3) is 4.61. The molecule has 0 radical (unpaired) electrons. The largest absolute Gasteiger partial charge is 0.352 e. The van der Waals surface area contributed by atoms with Gasteiger partial charge in [-0.25, -0.2) is 8.78 Å². The summed E-state index contributed by atoms with van der Waals surface area (Å²) in [5.41, 5.74) is -1.73. The molecule has 9 heteroatoms. The monoisotopic (exact) mass is 501 g/mol. The Kier molecular flexibility index (Phi) is 6.71. The van der Waals surface area contributed by atoms with Crippen LogP contribution >= 0.6 is 23.2 Å². The molecule has 1 aromatic rings. The highest BCUT2D eigenvalue weighted by Gasteiger charge is 2.59. The minimum absolute atomic E-state index is 0.00390. The molecule has 0 saturated heterocycles. The molecule has 0 aliphatic heterocycles. The van der Waals surface area contributed by atoms with Crippen molar-refractivity contribution in [2.24, 2.45) is 11.3 Å². The van der Waals surface area contributed by atoms with Crippen LogP contribution in [0.15, 0.2) is 12.1 Å². The van der Waals surface area contributed by atoms with E-state index in [0.717, 1.165) is 0 Å². The summed E-state index contributed by atoms with van der Waals surface area (Å²) < 4.78 is 30.2. The highest BCUT2D eigenvalue weighted by atomic mass is 35.5. The van der Waals surface area contributed by atoms with Crippen molar-refractivity contribution in [3.8, 4) is 0 Å². The summed E-state index contributed by atoms with van der Waals surface area (Å²) in [4.78, 5) is 27.2. The zero-order valence-corrected chi connectivity index (χ0v) is 20.7. The zero-order valence-electron chi connectivity index (χ0n) is 19.2. The van der Waals surface area contributed by atoms with Gasteiger partial charge in [-0.1, -0.05) is 23.2 Å². The van der Waals surface area contributed by atoms with Crippen LogP contribution in [-0.2, 0) is 9.59 Å². The van der Waals surface area contributed by atoms with E-state index in [1.165, 1.54) is 19.1 Å². The maximum atomic E-state index is 15.1. The molecule has 0 aromatic heterocycles. The minimum atomic E-state index is -1.27. The first kappa shape index (κ1) is 24.7. The zero-order chi connectivity index (χ0) is 24.1. The molecule has 4 atom stereocenters. The summed E-state index contributed by atoms with van der Waals surface area (Å²) in [6.07, 6.45) is 3.21. The Labute approximate surface area is 203 Å².